The van der Waals surface area contributed by atoms with Crippen LogP contribution < -0.4 is 10.2 Å². The first kappa shape index (κ1) is 17.7. The highest BCUT2D eigenvalue weighted by atomic mass is 79.9. The molecule has 1 amide bonds. The Labute approximate surface area is 166 Å². The summed E-state index contributed by atoms with van der Waals surface area (Å²) in [5, 5.41) is 7.33. The number of rotatable bonds is 4. The monoisotopic (exact) mass is 425 g/mol. The van der Waals surface area contributed by atoms with Gasteiger partial charge in [-0.15, -0.1) is 0 Å². The van der Waals surface area contributed by atoms with E-state index in [4.69, 9.17) is 0 Å². The molecule has 3 aromatic rings. The Balaban J connectivity index is 1.55. The summed E-state index contributed by atoms with van der Waals surface area (Å²) >= 11 is 3.41. The molecule has 1 unspecified atom stereocenters. The van der Waals surface area contributed by atoms with Gasteiger partial charge in [0.2, 0.25) is 0 Å². The van der Waals surface area contributed by atoms with E-state index in [0.29, 0.717) is 5.56 Å². The maximum atomic E-state index is 12.9. The number of nitrogens with zero attached hydrogens (tertiary/aromatic N) is 4. The van der Waals surface area contributed by atoms with Gasteiger partial charge in [-0.1, -0.05) is 15.9 Å². The third kappa shape index (κ3) is 4.03. The van der Waals surface area contributed by atoms with Gasteiger partial charge < -0.3 is 10.2 Å². The Bertz CT molecular complexity index is 910. The average Bonchev–Trinajstić information content (AvgIpc) is 3.25. The molecule has 1 aliphatic rings. The molecule has 1 fully saturated rings. The van der Waals surface area contributed by atoms with E-state index in [9.17, 15) is 4.79 Å². The van der Waals surface area contributed by atoms with E-state index in [1.807, 2.05) is 47.3 Å². The first-order chi connectivity index (χ1) is 13.2. The molecule has 0 bridgehead atoms. The van der Waals surface area contributed by atoms with Crippen molar-refractivity contribution in [1.29, 1.82) is 0 Å². The van der Waals surface area contributed by atoms with Crippen molar-refractivity contribution in [3.8, 4) is 0 Å². The highest BCUT2D eigenvalue weighted by molar-refractivity contribution is 9.10. The van der Waals surface area contributed by atoms with Crippen molar-refractivity contribution >= 4 is 33.3 Å². The van der Waals surface area contributed by atoms with Gasteiger partial charge in [0.05, 0.1) is 11.6 Å². The van der Waals surface area contributed by atoms with Gasteiger partial charge in [-0.25, -0.2) is 4.98 Å². The van der Waals surface area contributed by atoms with E-state index in [2.05, 4.69) is 36.2 Å². The van der Waals surface area contributed by atoms with Crippen LogP contribution in [0.15, 0.2) is 65.5 Å². The average molecular weight is 426 g/mol. The fraction of sp³-hybridized carbons (Fsp3) is 0.250. The summed E-state index contributed by atoms with van der Waals surface area (Å²) in [5.41, 5.74) is 1.34. The third-order valence-electron chi connectivity index (χ3n) is 4.73. The molecule has 0 aliphatic carbocycles. The summed E-state index contributed by atoms with van der Waals surface area (Å²) in [5.74, 6) is 0.575. The minimum Gasteiger partial charge on any atom is -0.354 e. The molecule has 0 spiro atoms. The number of hydrogen-bond donors (Lipinski definition) is 1. The molecule has 0 saturated carbocycles. The number of pyridine rings is 1. The third-order valence-corrected chi connectivity index (χ3v) is 5.26. The SMILES string of the molecule is O=C(Nc1ccc(Br)cc1)c1cccnc1N1CCCC(n2cccn2)C1. The van der Waals surface area contributed by atoms with Crippen molar-refractivity contribution in [2.45, 2.75) is 18.9 Å². The van der Waals surface area contributed by atoms with E-state index in [0.717, 1.165) is 41.9 Å². The fourth-order valence-corrected chi connectivity index (χ4v) is 3.68. The molecule has 1 aromatic carbocycles. The summed E-state index contributed by atoms with van der Waals surface area (Å²) in [6, 6.07) is 13.4. The molecule has 0 radical (unpaired) electrons. The first-order valence-electron chi connectivity index (χ1n) is 8.97. The summed E-state index contributed by atoms with van der Waals surface area (Å²) in [4.78, 5) is 19.6. The highest BCUT2D eigenvalue weighted by Gasteiger charge is 2.25. The number of piperidine rings is 1. The molecule has 3 heterocycles. The molecule has 27 heavy (non-hydrogen) atoms. The lowest BCUT2D eigenvalue weighted by Crippen LogP contribution is -2.38. The predicted octanol–water partition coefficient (Wildman–Crippen LogP) is 4.13. The zero-order valence-corrected chi connectivity index (χ0v) is 16.3. The van der Waals surface area contributed by atoms with Gasteiger partial charge >= 0.3 is 0 Å². The minimum atomic E-state index is -0.151. The second kappa shape index (κ2) is 7.92. The molecule has 7 heteroatoms. The molecule has 2 aromatic heterocycles. The summed E-state index contributed by atoms with van der Waals surface area (Å²) in [6.45, 7) is 1.67. The number of carbonyl (C=O) groups excluding carboxylic acids is 1. The van der Waals surface area contributed by atoms with Crippen molar-refractivity contribution in [1.82, 2.24) is 14.8 Å². The van der Waals surface area contributed by atoms with Gasteiger partial charge in [-0.2, -0.15) is 5.10 Å². The number of nitrogens with one attached hydrogen (secondary N) is 1. The van der Waals surface area contributed by atoms with Crippen LogP contribution in [0.5, 0.6) is 0 Å². The van der Waals surface area contributed by atoms with Crippen molar-refractivity contribution in [3.05, 3.63) is 71.1 Å². The summed E-state index contributed by atoms with van der Waals surface area (Å²) < 4.78 is 2.97. The number of aromatic nitrogens is 3. The van der Waals surface area contributed by atoms with Crippen LogP contribution in [0, 0.1) is 0 Å². The quantitative estimate of drug-likeness (QED) is 0.682. The number of hydrogen-bond acceptors (Lipinski definition) is 4. The van der Waals surface area contributed by atoms with Crippen LogP contribution in [-0.4, -0.2) is 33.8 Å². The molecule has 6 nitrogen and oxygen atoms in total. The molecule has 1 aliphatic heterocycles. The lowest BCUT2D eigenvalue weighted by molar-refractivity contribution is 0.102. The van der Waals surface area contributed by atoms with Gasteiger partial charge in [-0.05, 0) is 55.3 Å². The van der Waals surface area contributed by atoms with Gasteiger partial charge in [0, 0.05) is 41.8 Å². The maximum absolute atomic E-state index is 12.9. The smallest absolute Gasteiger partial charge is 0.259 e. The van der Waals surface area contributed by atoms with Crippen LogP contribution in [-0.2, 0) is 0 Å². The molecule has 1 saturated heterocycles. The van der Waals surface area contributed by atoms with Crippen LogP contribution in [0.25, 0.3) is 0 Å². The molecular weight excluding hydrogens is 406 g/mol. The topological polar surface area (TPSA) is 63.1 Å². The van der Waals surface area contributed by atoms with Crippen LogP contribution in [0.3, 0.4) is 0 Å². The number of amides is 1. The van der Waals surface area contributed by atoms with E-state index < -0.39 is 0 Å². The van der Waals surface area contributed by atoms with E-state index in [-0.39, 0.29) is 11.9 Å². The van der Waals surface area contributed by atoms with Gasteiger partial charge in [-0.3, -0.25) is 9.48 Å². The van der Waals surface area contributed by atoms with Gasteiger partial charge in [0.25, 0.3) is 5.91 Å². The summed E-state index contributed by atoms with van der Waals surface area (Å²) in [6.07, 6.45) is 7.65. The number of benzene rings is 1. The lowest BCUT2D eigenvalue weighted by atomic mass is 10.0. The van der Waals surface area contributed by atoms with E-state index in [1.165, 1.54) is 0 Å². The second-order valence-electron chi connectivity index (χ2n) is 6.56. The molecule has 1 N–H and O–H groups in total. The minimum absolute atomic E-state index is 0.151. The van der Waals surface area contributed by atoms with Crippen molar-refractivity contribution in [2.24, 2.45) is 0 Å². The standard InChI is InChI=1S/C20H20BrN5O/c21-15-6-8-16(9-7-15)24-20(27)18-5-1-10-22-19(18)25-12-2-4-17(14-25)26-13-3-11-23-26/h1,3,5-11,13,17H,2,4,12,14H2,(H,24,27). The highest BCUT2D eigenvalue weighted by Crippen LogP contribution is 2.27. The van der Waals surface area contributed by atoms with Gasteiger partial charge in [0.15, 0.2) is 0 Å². The van der Waals surface area contributed by atoms with Crippen molar-refractivity contribution in [3.63, 3.8) is 0 Å². The Kier molecular flexibility index (Phi) is 5.20. The number of anilines is 2. The molecule has 138 valence electrons. The number of carbonyl (C=O) groups is 1. The Morgan fingerprint density at radius 2 is 2.00 bits per heavy atom. The van der Waals surface area contributed by atoms with E-state index >= 15 is 0 Å². The van der Waals surface area contributed by atoms with Gasteiger partial charge in [0.1, 0.15) is 5.82 Å². The first-order valence-corrected chi connectivity index (χ1v) is 9.76. The van der Waals surface area contributed by atoms with Crippen LogP contribution >= 0.6 is 15.9 Å². The molecular formula is C20H20BrN5O. The van der Waals surface area contributed by atoms with Crippen LogP contribution in [0.1, 0.15) is 29.2 Å². The van der Waals surface area contributed by atoms with Crippen LogP contribution in [0.2, 0.25) is 0 Å². The van der Waals surface area contributed by atoms with Crippen LogP contribution in [0.4, 0.5) is 11.5 Å². The van der Waals surface area contributed by atoms with E-state index in [1.54, 1.807) is 18.5 Å². The second-order valence-corrected chi connectivity index (χ2v) is 7.48. The fourth-order valence-electron chi connectivity index (χ4n) is 3.42. The maximum Gasteiger partial charge on any atom is 0.259 e. The molecule has 4 rings (SSSR count). The predicted molar refractivity (Wildman–Crippen MR) is 109 cm³/mol. The largest absolute Gasteiger partial charge is 0.354 e. The Hall–Kier alpha value is -2.67. The Morgan fingerprint density at radius 3 is 2.78 bits per heavy atom. The normalized spacial score (nSPS) is 16.9. The summed E-state index contributed by atoms with van der Waals surface area (Å²) in [7, 11) is 0. The zero-order valence-electron chi connectivity index (χ0n) is 14.8. The molecule has 1 atom stereocenters. The number of halogens is 1. The van der Waals surface area contributed by atoms with Crippen molar-refractivity contribution < 1.29 is 4.79 Å². The zero-order chi connectivity index (χ0) is 18.6. The Morgan fingerprint density at radius 1 is 1.15 bits per heavy atom. The lowest BCUT2D eigenvalue weighted by Gasteiger charge is -2.34. The van der Waals surface area contributed by atoms with Crippen molar-refractivity contribution in [2.75, 3.05) is 23.3 Å².